The zero-order chi connectivity index (χ0) is 24.4. The van der Waals surface area contributed by atoms with Gasteiger partial charge in [0.2, 0.25) is 5.89 Å². The molecule has 0 amide bonds. The quantitative estimate of drug-likeness (QED) is 0.337. The lowest BCUT2D eigenvalue weighted by molar-refractivity contribution is -0.139. The number of likely N-dealkylation sites (N-methyl/N-ethyl adjacent to an activating group) is 1. The molecule has 8 nitrogen and oxygen atoms in total. The van der Waals surface area contributed by atoms with Crippen molar-refractivity contribution in [1.29, 1.82) is 0 Å². The Morgan fingerprint density at radius 2 is 1.85 bits per heavy atom. The minimum atomic E-state index is -0.965. The number of nitrogens with one attached hydrogen (secondary N) is 1. The molecule has 2 aromatic carbocycles. The highest BCUT2D eigenvalue weighted by Crippen LogP contribution is 2.42. The highest BCUT2D eigenvalue weighted by molar-refractivity contribution is 6.37. The normalized spacial score (nSPS) is 12.0. The first-order valence-electron chi connectivity index (χ1n) is 10.3. The molecule has 0 bridgehead atoms. The van der Waals surface area contributed by atoms with Crippen LogP contribution >= 0.6 is 23.2 Å². The molecule has 0 aliphatic rings. The van der Waals surface area contributed by atoms with E-state index in [0.717, 1.165) is 11.3 Å². The lowest BCUT2D eigenvalue weighted by Crippen LogP contribution is -2.35. The molecular formula is C24H22Cl2N4O4. The highest BCUT2D eigenvalue weighted by Gasteiger charge is 2.21. The number of nitrogens with zero attached hydrogens (tertiary/aromatic N) is 3. The number of ether oxygens (including phenoxy) is 1. The smallest absolute Gasteiger partial charge is 0.321 e. The van der Waals surface area contributed by atoms with Gasteiger partial charge in [0.25, 0.3) is 0 Å². The second-order valence-corrected chi connectivity index (χ2v) is 8.63. The van der Waals surface area contributed by atoms with Gasteiger partial charge < -0.3 is 24.5 Å². The lowest BCUT2D eigenvalue weighted by Gasteiger charge is -2.16. The average molecular weight is 501 g/mol. The topological polar surface area (TPSA) is 101 Å². The third-order valence-corrected chi connectivity index (χ3v) is 5.80. The summed E-state index contributed by atoms with van der Waals surface area (Å²) in [6.07, 6.45) is 3.54. The molecule has 2 heterocycles. The summed E-state index contributed by atoms with van der Waals surface area (Å²) in [5, 5.41) is 12.6. The van der Waals surface area contributed by atoms with E-state index in [9.17, 15) is 9.90 Å². The summed E-state index contributed by atoms with van der Waals surface area (Å²) >= 11 is 13.0. The maximum Gasteiger partial charge on any atom is 0.321 e. The first-order chi connectivity index (χ1) is 16.3. The van der Waals surface area contributed by atoms with Crippen LogP contribution in [-0.2, 0) is 11.2 Å². The van der Waals surface area contributed by atoms with Gasteiger partial charge in [-0.2, -0.15) is 0 Å². The van der Waals surface area contributed by atoms with Gasteiger partial charge in [0.1, 0.15) is 11.6 Å². The van der Waals surface area contributed by atoms with Crippen molar-refractivity contribution in [3.8, 4) is 23.0 Å². The molecule has 0 aliphatic heterocycles. The van der Waals surface area contributed by atoms with E-state index in [1.54, 1.807) is 43.7 Å². The largest absolute Gasteiger partial charge is 0.480 e. The molecule has 10 heteroatoms. The molecule has 176 valence electrons. The van der Waals surface area contributed by atoms with Gasteiger partial charge in [-0.15, -0.1) is 0 Å². The van der Waals surface area contributed by atoms with Crippen molar-refractivity contribution in [3.05, 3.63) is 64.4 Å². The Labute approximate surface area is 206 Å². The Kier molecular flexibility index (Phi) is 6.92. The predicted octanol–water partition coefficient (Wildman–Crippen LogP) is 5.27. The van der Waals surface area contributed by atoms with Crippen LogP contribution in [0.1, 0.15) is 5.56 Å². The second kappa shape index (κ2) is 9.89. The molecule has 0 fully saturated rings. The van der Waals surface area contributed by atoms with Crippen LogP contribution in [0.2, 0.25) is 10.0 Å². The summed E-state index contributed by atoms with van der Waals surface area (Å²) in [4.78, 5) is 21.9. The van der Waals surface area contributed by atoms with Crippen LogP contribution in [0.5, 0.6) is 11.5 Å². The van der Waals surface area contributed by atoms with Gasteiger partial charge in [0.15, 0.2) is 17.1 Å². The van der Waals surface area contributed by atoms with Gasteiger partial charge in [0.05, 0.1) is 10.0 Å². The average Bonchev–Trinajstić information content (AvgIpc) is 3.24. The summed E-state index contributed by atoms with van der Waals surface area (Å²) in [5.41, 5.74) is 3.33. The number of halogens is 2. The zero-order valence-electron chi connectivity index (χ0n) is 18.7. The number of oxazole rings is 1. The van der Waals surface area contributed by atoms with E-state index in [-0.39, 0.29) is 22.2 Å². The SMILES string of the molecule is CN[C@@H](Cc1cc(Cl)c(Oc2cc(N(C)C)cc3nc(-c4ccncc4)oc23)c(Cl)c1)C(=O)O. The van der Waals surface area contributed by atoms with Gasteiger partial charge in [-0.05, 0) is 49.4 Å². The molecule has 0 spiro atoms. The minimum absolute atomic E-state index is 0.212. The maximum atomic E-state index is 11.4. The van der Waals surface area contributed by atoms with Crippen LogP contribution in [0.3, 0.4) is 0 Å². The van der Waals surface area contributed by atoms with Gasteiger partial charge in [-0.25, -0.2) is 4.98 Å². The molecule has 0 unspecified atom stereocenters. The van der Waals surface area contributed by atoms with E-state index in [1.807, 2.05) is 31.1 Å². The maximum absolute atomic E-state index is 11.4. The molecule has 1 atom stereocenters. The van der Waals surface area contributed by atoms with Gasteiger partial charge in [-0.1, -0.05) is 23.2 Å². The molecule has 0 saturated carbocycles. The first kappa shape index (κ1) is 23.8. The number of rotatable bonds is 8. The van der Waals surface area contributed by atoms with Crippen molar-refractivity contribution >= 4 is 46.0 Å². The van der Waals surface area contributed by atoms with Crippen molar-refractivity contribution in [3.63, 3.8) is 0 Å². The Morgan fingerprint density at radius 3 is 2.44 bits per heavy atom. The monoisotopic (exact) mass is 500 g/mol. The fourth-order valence-electron chi connectivity index (χ4n) is 3.43. The molecule has 0 radical (unpaired) electrons. The first-order valence-corrected chi connectivity index (χ1v) is 11.1. The van der Waals surface area contributed by atoms with Gasteiger partial charge in [0, 0.05) is 43.8 Å². The number of aromatic nitrogens is 2. The van der Waals surface area contributed by atoms with Gasteiger partial charge in [-0.3, -0.25) is 9.78 Å². The van der Waals surface area contributed by atoms with Crippen molar-refractivity contribution in [1.82, 2.24) is 15.3 Å². The molecule has 0 aliphatic carbocycles. The van der Waals surface area contributed by atoms with Crippen molar-refractivity contribution in [2.24, 2.45) is 0 Å². The summed E-state index contributed by atoms with van der Waals surface area (Å²) in [6.45, 7) is 0. The van der Waals surface area contributed by atoms with Crippen LogP contribution in [0.4, 0.5) is 5.69 Å². The summed E-state index contributed by atoms with van der Waals surface area (Å²) in [5.74, 6) is 0.0948. The highest BCUT2D eigenvalue weighted by atomic mass is 35.5. The summed E-state index contributed by atoms with van der Waals surface area (Å²) < 4.78 is 12.2. The third-order valence-electron chi connectivity index (χ3n) is 5.24. The number of aliphatic carboxylic acids is 1. The number of pyridine rings is 1. The Balaban J connectivity index is 1.75. The van der Waals surface area contributed by atoms with E-state index in [1.165, 1.54) is 0 Å². The van der Waals surface area contributed by atoms with Crippen LogP contribution in [0.15, 0.2) is 53.2 Å². The molecule has 4 rings (SSSR count). The lowest BCUT2D eigenvalue weighted by atomic mass is 10.1. The van der Waals surface area contributed by atoms with Crippen molar-refractivity contribution in [2.45, 2.75) is 12.5 Å². The second-order valence-electron chi connectivity index (χ2n) is 7.82. The fourth-order valence-corrected chi connectivity index (χ4v) is 4.04. The van der Waals surface area contributed by atoms with E-state index in [0.29, 0.717) is 28.3 Å². The van der Waals surface area contributed by atoms with E-state index >= 15 is 0 Å². The number of carboxylic acids is 1. The Morgan fingerprint density at radius 1 is 1.18 bits per heavy atom. The van der Waals surface area contributed by atoms with E-state index < -0.39 is 12.0 Å². The third kappa shape index (κ3) is 4.94. The van der Waals surface area contributed by atoms with Crippen molar-refractivity contribution < 1.29 is 19.1 Å². The number of anilines is 1. The van der Waals surface area contributed by atoms with Crippen LogP contribution in [0, 0.1) is 0 Å². The Hall–Kier alpha value is -3.33. The number of fused-ring (bicyclic) bond motifs is 1. The minimum Gasteiger partial charge on any atom is -0.480 e. The molecule has 34 heavy (non-hydrogen) atoms. The van der Waals surface area contributed by atoms with Crippen LogP contribution < -0.4 is 15.0 Å². The number of hydrogen-bond donors (Lipinski definition) is 2. The summed E-state index contributed by atoms with van der Waals surface area (Å²) in [7, 11) is 5.40. The molecule has 0 saturated heterocycles. The number of carboxylic acid groups (broad SMARTS) is 1. The van der Waals surface area contributed by atoms with Crippen LogP contribution in [0.25, 0.3) is 22.6 Å². The Bertz CT molecular complexity index is 1320. The van der Waals surface area contributed by atoms with Crippen LogP contribution in [-0.4, -0.2) is 48.2 Å². The molecule has 4 aromatic rings. The molecule has 2 N–H and O–H groups in total. The number of carbonyl (C=O) groups is 1. The molecule has 2 aromatic heterocycles. The van der Waals surface area contributed by atoms with E-state index in [4.69, 9.17) is 32.4 Å². The van der Waals surface area contributed by atoms with Crippen molar-refractivity contribution in [2.75, 3.05) is 26.0 Å². The molecular weight excluding hydrogens is 479 g/mol. The standard InChI is InChI=1S/C24H22Cl2N4O4/c1-27-19(24(31)32)10-13-8-16(25)21(17(26)9-13)33-20-12-15(30(2)3)11-18-22(20)34-23(29-18)14-4-6-28-7-5-14/h4-9,11-12,19,27H,10H2,1-3H3,(H,31,32)/t19-/m0/s1. The predicted molar refractivity (Wildman–Crippen MR) is 132 cm³/mol. The van der Waals surface area contributed by atoms with Gasteiger partial charge >= 0.3 is 5.97 Å². The number of hydrogen-bond acceptors (Lipinski definition) is 7. The number of benzene rings is 2. The fraction of sp³-hybridized carbons (Fsp3) is 0.208. The zero-order valence-corrected chi connectivity index (χ0v) is 20.2. The van der Waals surface area contributed by atoms with E-state index in [2.05, 4.69) is 15.3 Å². The summed E-state index contributed by atoms with van der Waals surface area (Å²) in [6, 6.07) is 9.84.